The Kier molecular flexibility index (Phi) is 7.51. The van der Waals surface area contributed by atoms with Gasteiger partial charge >= 0.3 is 12.1 Å². The molecule has 3 N–H and O–H groups in total. The fourth-order valence-corrected chi connectivity index (χ4v) is 5.51. The summed E-state index contributed by atoms with van der Waals surface area (Å²) in [6, 6.07) is 14.4. The molecule has 210 valence electrons. The molecule has 3 atom stereocenters. The van der Waals surface area contributed by atoms with Crippen LogP contribution in [0.15, 0.2) is 60.8 Å². The van der Waals surface area contributed by atoms with Gasteiger partial charge in [-0.2, -0.15) is 0 Å². The second-order valence-electron chi connectivity index (χ2n) is 11.3. The summed E-state index contributed by atoms with van der Waals surface area (Å²) in [6.07, 6.45) is 2.76. The first-order chi connectivity index (χ1) is 19.1. The lowest BCUT2D eigenvalue weighted by Crippen LogP contribution is -2.66. The van der Waals surface area contributed by atoms with Gasteiger partial charge in [0.2, 0.25) is 11.8 Å². The van der Waals surface area contributed by atoms with E-state index in [9.17, 15) is 19.2 Å². The summed E-state index contributed by atoms with van der Waals surface area (Å²) in [7, 11) is 0. The van der Waals surface area contributed by atoms with Crippen LogP contribution in [0.25, 0.3) is 10.9 Å². The van der Waals surface area contributed by atoms with Gasteiger partial charge in [-0.25, -0.2) is 14.5 Å². The number of aromatic amines is 1. The number of benzene rings is 2. The normalized spacial score (nSPS) is 20.2. The second kappa shape index (κ2) is 11.0. The molecule has 0 unspecified atom stereocenters. The van der Waals surface area contributed by atoms with Gasteiger partial charge in [-0.1, -0.05) is 36.4 Å². The summed E-state index contributed by atoms with van der Waals surface area (Å²) in [5, 5.41) is 6.76. The molecule has 0 radical (unpaired) electrons. The van der Waals surface area contributed by atoms with E-state index in [1.807, 2.05) is 36.5 Å². The van der Waals surface area contributed by atoms with Gasteiger partial charge in [0.15, 0.2) is 0 Å². The van der Waals surface area contributed by atoms with Gasteiger partial charge in [0.05, 0.1) is 18.2 Å². The Bertz CT molecular complexity index is 1410. The molecule has 3 heterocycles. The van der Waals surface area contributed by atoms with Crippen molar-refractivity contribution in [2.24, 2.45) is 0 Å². The number of carbonyl (C=O) groups is 4. The molecule has 10 heteroatoms. The minimum absolute atomic E-state index is 0.0954. The molecule has 10 nitrogen and oxygen atoms in total. The molecule has 1 aromatic heterocycles. The number of carbonyl (C=O) groups excluding carboxylic acids is 4. The summed E-state index contributed by atoms with van der Waals surface area (Å²) in [5.41, 5.74) is 1.60. The van der Waals surface area contributed by atoms with Gasteiger partial charge in [-0.15, -0.1) is 0 Å². The van der Waals surface area contributed by atoms with Crippen molar-refractivity contribution in [1.82, 2.24) is 20.5 Å². The zero-order valence-corrected chi connectivity index (χ0v) is 23.0. The van der Waals surface area contributed by atoms with Crippen molar-refractivity contribution < 1.29 is 23.9 Å². The standard InChI is InChI=1S/C30H35N5O5/c1-30(2,3)40-28(38)33-24(16-19-18-31-22-13-8-7-12-21(19)22)27(37)32-23-14-9-15-34-25(23)17-26(36)35(29(34)39)20-10-5-4-6-11-20/h4-8,10-13,18,23-25,31H,9,14-17H2,1-3H3,(H,32,37)(H,33,38)/t23-,24-,25+/m0/s1. The van der Waals surface area contributed by atoms with E-state index >= 15 is 0 Å². The molecule has 2 aliphatic rings. The summed E-state index contributed by atoms with van der Waals surface area (Å²) in [6.45, 7) is 5.77. The summed E-state index contributed by atoms with van der Waals surface area (Å²) < 4.78 is 5.44. The fraction of sp³-hybridized carbons (Fsp3) is 0.400. The van der Waals surface area contributed by atoms with Crippen LogP contribution in [0.4, 0.5) is 15.3 Å². The predicted octanol–water partition coefficient (Wildman–Crippen LogP) is 4.11. The number of hydrogen-bond acceptors (Lipinski definition) is 5. The third kappa shape index (κ3) is 5.80. The van der Waals surface area contributed by atoms with Crippen LogP contribution in [-0.4, -0.2) is 64.1 Å². The van der Waals surface area contributed by atoms with E-state index in [0.29, 0.717) is 25.1 Å². The van der Waals surface area contributed by atoms with Crippen molar-refractivity contribution in [1.29, 1.82) is 0 Å². The quantitative estimate of drug-likeness (QED) is 0.430. The Morgan fingerprint density at radius 1 is 1.07 bits per heavy atom. The highest BCUT2D eigenvalue weighted by Gasteiger charge is 2.45. The summed E-state index contributed by atoms with van der Waals surface area (Å²) >= 11 is 0. The van der Waals surface area contributed by atoms with Gasteiger partial charge in [0.1, 0.15) is 11.6 Å². The lowest BCUT2D eigenvalue weighted by Gasteiger charge is -2.46. The maximum atomic E-state index is 13.7. The topological polar surface area (TPSA) is 124 Å². The lowest BCUT2D eigenvalue weighted by molar-refractivity contribution is -0.126. The first kappa shape index (κ1) is 27.2. The molecule has 5 amide bonds. The number of H-pyrrole nitrogens is 1. The number of rotatable bonds is 6. The van der Waals surface area contributed by atoms with E-state index in [1.54, 1.807) is 49.9 Å². The molecule has 5 rings (SSSR count). The number of amides is 5. The second-order valence-corrected chi connectivity index (χ2v) is 11.3. The largest absolute Gasteiger partial charge is 0.444 e. The SMILES string of the molecule is CC(C)(C)OC(=O)N[C@@H](Cc1c[nH]c2ccccc12)C(=O)N[C@H]1CCCN2C(=O)N(c3ccccc3)C(=O)C[C@H]12. The third-order valence-electron chi connectivity index (χ3n) is 7.30. The van der Waals surface area contributed by atoms with Crippen LogP contribution in [0.2, 0.25) is 0 Å². The van der Waals surface area contributed by atoms with E-state index < -0.39 is 35.7 Å². The van der Waals surface area contributed by atoms with E-state index in [-0.39, 0.29) is 24.8 Å². The molecule has 0 aliphatic carbocycles. The molecule has 0 bridgehead atoms. The van der Waals surface area contributed by atoms with Crippen molar-refractivity contribution in [2.75, 3.05) is 11.4 Å². The number of piperidine rings is 1. The van der Waals surface area contributed by atoms with Crippen molar-refractivity contribution in [3.63, 3.8) is 0 Å². The Labute approximate surface area is 233 Å². The van der Waals surface area contributed by atoms with Crippen LogP contribution in [-0.2, 0) is 20.7 Å². The maximum Gasteiger partial charge on any atom is 0.408 e. The number of ether oxygens (including phenoxy) is 1. The first-order valence-electron chi connectivity index (χ1n) is 13.6. The third-order valence-corrected chi connectivity index (χ3v) is 7.30. The fourth-order valence-electron chi connectivity index (χ4n) is 5.51. The molecular weight excluding hydrogens is 510 g/mol. The average molecular weight is 546 g/mol. The Balaban J connectivity index is 1.34. The molecule has 2 aromatic carbocycles. The summed E-state index contributed by atoms with van der Waals surface area (Å²) in [5.74, 6) is -0.700. The van der Waals surface area contributed by atoms with E-state index in [1.165, 1.54) is 4.90 Å². The van der Waals surface area contributed by atoms with Crippen LogP contribution in [0.1, 0.15) is 45.6 Å². The molecule has 2 fully saturated rings. The molecule has 0 saturated carbocycles. The van der Waals surface area contributed by atoms with Crippen molar-refractivity contribution in [3.8, 4) is 0 Å². The van der Waals surface area contributed by atoms with Gasteiger partial charge < -0.3 is 25.3 Å². The highest BCUT2D eigenvalue weighted by Crippen LogP contribution is 2.30. The van der Waals surface area contributed by atoms with Gasteiger partial charge in [0.25, 0.3) is 0 Å². The molecule has 2 saturated heterocycles. The first-order valence-corrected chi connectivity index (χ1v) is 13.6. The number of aromatic nitrogens is 1. The maximum absolute atomic E-state index is 13.7. The molecule has 2 aliphatic heterocycles. The predicted molar refractivity (Wildman–Crippen MR) is 151 cm³/mol. The highest BCUT2D eigenvalue weighted by molar-refractivity contribution is 6.16. The minimum Gasteiger partial charge on any atom is -0.444 e. The molecule has 0 spiro atoms. The number of para-hydroxylation sites is 2. The minimum atomic E-state index is -0.930. The Morgan fingerprint density at radius 2 is 1.80 bits per heavy atom. The van der Waals surface area contributed by atoms with Crippen LogP contribution in [0, 0.1) is 0 Å². The van der Waals surface area contributed by atoms with Crippen LogP contribution < -0.4 is 15.5 Å². The average Bonchev–Trinajstić information content (AvgIpc) is 3.31. The van der Waals surface area contributed by atoms with Crippen LogP contribution in [0.3, 0.4) is 0 Å². The van der Waals surface area contributed by atoms with E-state index in [0.717, 1.165) is 16.5 Å². The Morgan fingerprint density at radius 3 is 2.55 bits per heavy atom. The molecular formula is C30H35N5O5. The Hall–Kier alpha value is -4.34. The number of hydrogen-bond donors (Lipinski definition) is 3. The van der Waals surface area contributed by atoms with Gasteiger partial charge in [-0.05, 0) is 57.4 Å². The van der Waals surface area contributed by atoms with Crippen molar-refractivity contribution >= 4 is 40.5 Å². The molecule has 40 heavy (non-hydrogen) atoms. The lowest BCUT2D eigenvalue weighted by atomic mass is 9.91. The number of alkyl carbamates (subject to hydrolysis) is 1. The number of anilines is 1. The smallest absolute Gasteiger partial charge is 0.408 e. The number of nitrogens with zero attached hydrogens (tertiary/aromatic N) is 2. The molecule has 3 aromatic rings. The number of imide groups is 1. The van der Waals surface area contributed by atoms with Crippen molar-refractivity contribution in [2.45, 2.75) is 70.2 Å². The monoisotopic (exact) mass is 545 g/mol. The number of nitrogens with one attached hydrogen (secondary N) is 3. The van der Waals surface area contributed by atoms with Gasteiger partial charge in [-0.3, -0.25) is 9.59 Å². The number of urea groups is 1. The van der Waals surface area contributed by atoms with Crippen LogP contribution >= 0.6 is 0 Å². The number of fused-ring (bicyclic) bond motifs is 2. The van der Waals surface area contributed by atoms with E-state index in [4.69, 9.17) is 4.74 Å². The highest BCUT2D eigenvalue weighted by atomic mass is 16.6. The zero-order chi connectivity index (χ0) is 28.4. The van der Waals surface area contributed by atoms with Crippen LogP contribution in [0.5, 0.6) is 0 Å². The van der Waals surface area contributed by atoms with Gasteiger partial charge in [0, 0.05) is 36.1 Å². The van der Waals surface area contributed by atoms with Crippen molar-refractivity contribution in [3.05, 3.63) is 66.4 Å². The zero-order valence-electron chi connectivity index (χ0n) is 23.0. The summed E-state index contributed by atoms with van der Waals surface area (Å²) in [4.78, 5) is 59.0. The van der Waals surface area contributed by atoms with E-state index in [2.05, 4.69) is 15.6 Å².